The number of fused-ring (bicyclic) bond motifs is 1. The zero-order valence-electron chi connectivity index (χ0n) is 14.1. The van der Waals surface area contributed by atoms with Gasteiger partial charge in [0.1, 0.15) is 0 Å². The molecule has 5 heteroatoms. The Hall–Kier alpha value is -2.16. The van der Waals surface area contributed by atoms with Crippen LogP contribution in [0.15, 0.2) is 35.7 Å². The second-order valence-electron chi connectivity index (χ2n) is 6.80. The molecule has 1 aromatic carbocycles. The molecule has 2 aliphatic rings. The van der Waals surface area contributed by atoms with Gasteiger partial charge in [-0.1, -0.05) is 0 Å². The van der Waals surface area contributed by atoms with Gasteiger partial charge in [0.2, 0.25) is 0 Å². The van der Waals surface area contributed by atoms with Crippen LogP contribution in [0.1, 0.15) is 39.2 Å². The van der Waals surface area contributed by atoms with Gasteiger partial charge in [-0.25, -0.2) is 0 Å². The van der Waals surface area contributed by atoms with Crippen LogP contribution in [0, 0.1) is 11.3 Å². The van der Waals surface area contributed by atoms with E-state index in [9.17, 15) is 4.79 Å². The minimum absolute atomic E-state index is 0.0849. The molecule has 3 heterocycles. The molecule has 2 aliphatic heterocycles. The topological polar surface area (TPSA) is 47.3 Å². The van der Waals surface area contributed by atoms with E-state index in [-0.39, 0.29) is 5.91 Å². The Morgan fingerprint density at radius 2 is 1.88 bits per heavy atom. The predicted molar refractivity (Wildman–Crippen MR) is 98.5 cm³/mol. The van der Waals surface area contributed by atoms with E-state index in [0.29, 0.717) is 17.2 Å². The lowest BCUT2D eigenvalue weighted by Crippen LogP contribution is -2.47. The predicted octanol–water partition coefficient (Wildman–Crippen LogP) is 3.28. The van der Waals surface area contributed by atoms with Gasteiger partial charge in [0.15, 0.2) is 0 Å². The van der Waals surface area contributed by atoms with Crippen LogP contribution in [0.25, 0.3) is 0 Å². The molecule has 0 aliphatic carbocycles. The maximum Gasteiger partial charge on any atom is 0.253 e. The Morgan fingerprint density at radius 3 is 2.60 bits per heavy atom. The lowest BCUT2D eigenvalue weighted by molar-refractivity contribution is 0.0600. The van der Waals surface area contributed by atoms with Crippen LogP contribution in [0.4, 0.5) is 0 Å². The molecule has 1 saturated heterocycles. The molecule has 128 valence electrons. The summed E-state index contributed by atoms with van der Waals surface area (Å²) in [4.78, 5) is 18.7. The van der Waals surface area contributed by atoms with Gasteiger partial charge in [0.05, 0.1) is 11.6 Å². The van der Waals surface area contributed by atoms with E-state index in [1.54, 1.807) is 29.1 Å². The molecule has 0 saturated carbocycles. The standard InChI is InChI=1S/C20H21N3OS/c21-13-15-1-3-16(4-2-15)20(24)22-9-5-18(6-10-22)23-11-7-19-17(14-23)8-12-25-19/h1-4,8,12,18H,5-7,9-11,14H2. The smallest absolute Gasteiger partial charge is 0.253 e. The maximum atomic E-state index is 12.6. The molecule has 0 radical (unpaired) electrons. The highest BCUT2D eigenvalue weighted by molar-refractivity contribution is 7.10. The largest absolute Gasteiger partial charge is 0.339 e. The van der Waals surface area contributed by atoms with Gasteiger partial charge < -0.3 is 4.90 Å². The number of carbonyl (C=O) groups is 1. The van der Waals surface area contributed by atoms with E-state index in [1.165, 1.54) is 5.56 Å². The van der Waals surface area contributed by atoms with Gasteiger partial charge in [-0.15, -0.1) is 11.3 Å². The Morgan fingerprint density at radius 1 is 1.12 bits per heavy atom. The van der Waals surface area contributed by atoms with Gasteiger partial charge >= 0.3 is 0 Å². The third-order valence-electron chi connectivity index (χ3n) is 5.37. The van der Waals surface area contributed by atoms with Crippen molar-refractivity contribution in [1.82, 2.24) is 9.80 Å². The Kier molecular flexibility index (Phi) is 4.56. The van der Waals surface area contributed by atoms with E-state index in [0.717, 1.165) is 45.4 Å². The molecule has 2 aromatic rings. The van der Waals surface area contributed by atoms with Crippen molar-refractivity contribution in [3.8, 4) is 6.07 Å². The van der Waals surface area contributed by atoms with Crippen molar-refractivity contribution in [2.45, 2.75) is 31.8 Å². The van der Waals surface area contributed by atoms with E-state index < -0.39 is 0 Å². The highest BCUT2D eigenvalue weighted by Gasteiger charge is 2.29. The Balaban J connectivity index is 1.35. The van der Waals surface area contributed by atoms with Crippen LogP contribution in [0.5, 0.6) is 0 Å². The third-order valence-corrected chi connectivity index (χ3v) is 6.39. The molecule has 25 heavy (non-hydrogen) atoms. The van der Waals surface area contributed by atoms with Crippen molar-refractivity contribution in [3.05, 3.63) is 57.3 Å². The van der Waals surface area contributed by atoms with Gasteiger partial charge in [-0.05, 0) is 60.5 Å². The van der Waals surface area contributed by atoms with Crippen LogP contribution in [0.2, 0.25) is 0 Å². The molecule has 0 unspecified atom stereocenters. The number of hydrogen-bond acceptors (Lipinski definition) is 4. The number of piperidine rings is 1. The molecule has 1 amide bonds. The number of benzene rings is 1. The second-order valence-corrected chi connectivity index (χ2v) is 7.80. The highest BCUT2D eigenvalue weighted by Crippen LogP contribution is 2.28. The number of nitrogens with zero attached hydrogens (tertiary/aromatic N) is 3. The van der Waals surface area contributed by atoms with E-state index in [1.807, 2.05) is 16.2 Å². The number of hydrogen-bond donors (Lipinski definition) is 0. The zero-order chi connectivity index (χ0) is 17.2. The average molecular weight is 351 g/mol. The Bertz CT molecular complexity index is 797. The highest BCUT2D eigenvalue weighted by atomic mass is 32.1. The number of carbonyl (C=O) groups excluding carboxylic acids is 1. The number of thiophene rings is 1. The van der Waals surface area contributed by atoms with E-state index in [2.05, 4.69) is 22.4 Å². The minimum atomic E-state index is 0.0849. The summed E-state index contributed by atoms with van der Waals surface area (Å²) >= 11 is 1.88. The lowest BCUT2D eigenvalue weighted by Gasteiger charge is -2.40. The first-order valence-corrected chi connectivity index (χ1v) is 9.71. The van der Waals surface area contributed by atoms with E-state index in [4.69, 9.17) is 5.26 Å². The minimum Gasteiger partial charge on any atom is -0.339 e. The van der Waals surface area contributed by atoms with Crippen LogP contribution >= 0.6 is 11.3 Å². The van der Waals surface area contributed by atoms with Crippen molar-refractivity contribution < 1.29 is 4.79 Å². The summed E-state index contributed by atoms with van der Waals surface area (Å²) in [6.45, 7) is 3.84. The van der Waals surface area contributed by atoms with Crippen LogP contribution in [0.3, 0.4) is 0 Å². The van der Waals surface area contributed by atoms with Gasteiger partial charge in [0, 0.05) is 42.7 Å². The average Bonchev–Trinajstić information content (AvgIpc) is 3.15. The first kappa shape index (κ1) is 16.3. The third kappa shape index (κ3) is 3.33. The number of nitriles is 1. The fourth-order valence-corrected chi connectivity index (χ4v) is 4.78. The van der Waals surface area contributed by atoms with Crippen LogP contribution in [-0.4, -0.2) is 41.4 Å². The molecule has 0 spiro atoms. The zero-order valence-corrected chi connectivity index (χ0v) is 15.0. The van der Waals surface area contributed by atoms with Gasteiger partial charge in [-0.3, -0.25) is 9.69 Å². The molecular weight excluding hydrogens is 330 g/mol. The van der Waals surface area contributed by atoms with Gasteiger partial charge in [-0.2, -0.15) is 5.26 Å². The summed E-state index contributed by atoms with van der Waals surface area (Å²) in [7, 11) is 0. The summed E-state index contributed by atoms with van der Waals surface area (Å²) in [5.74, 6) is 0.0849. The lowest BCUT2D eigenvalue weighted by atomic mass is 9.99. The summed E-state index contributed by atoms with van der Waals surface area (Å²) in [5, 5.41) is 11.1. The number of rotatable bonds is 2. The molecule has 0 atom stereocenters. The van der Waals surface area contributed by atoms with E-state index >= 15 is 0 Å². The molecule has 4 nitrogen and oxygen atoms in total. The summed E-state index contributed by atoms with van der Waals surface area (Å²) < 4.78 is 0. The van der Waals surface area contributed by atoms with Crippen molar-refractivity contribution in [3.63, 3.8) is 0 Å². The quantitative estimate of drug-likeness (QED) is 0.834. The molecule has 0 bridgehead atoms. The first-order chi connectivity index (χ1) is 12.2. The Labute approximate surface area is 152 Å². The number of amides is 1. The summed E-state index contributed by atoms with van der Waals surface area (Å²) in [6.07, 6.45) is 3.25. The molecule has 4 rings (SSSR count). The molecule has 1 fully saturated rings. The summed E-state index contributed by atoms with van der Waals surface area (Å²) in [6, 6.07) is 11.9. The van der Waals surface area contributed by atoms with Crippen molar-refractivity contribution in [1.29, 1.82) is 5.26 Å². The van der Waals surface area contributed by atoms with Crippen molar-refractivity contribution >= 4 is 17.2 Å². The molecule has 0 N–H and O–H groups in total. The number of likely N-dealkylation sites (tertiary alicyclic amines) is 1. The fourth-order valence-electron chi connectivity index (χ4n) is 3.89. The van der Waals surface area contributed by atoms with Crippen LogP contribution < -0.4 is 0 Å². The second kappa shape index (κ2) is 6.99. The summed E-state index contributed by atoms with van der Waals surface area (Å²) in [5.41, 5.74) is 2.76. The van der Waals surface area contributed by atoms with Crippen molar-refractivity contribution in [2.75, 3.05) is 19.6 Å². The molecular formula is C20H21N3OS. The van der Waals surface area contributed by atoms with Gasteiger partial charge in [0.25, 0.3) is 5.91 Å². The maximum absolute atomic E-state index is 12.6. The monoisotopic (exact) mass is 351 g/mol. The SMILES string of the molecule is N#Cc1ccc(C(=O)N2CCC(N3CCc4sccc4C3)CC2)cc1. The normalized spacial score (nSPS) is 18.6. The fraction of sp³-hybridized carbons (Fsp3) is 0.400. The first-order valence-electron chi connectivity index (χ1n) is 8.83. The molecule has 1 aromatic heterocycles. The van der Waals surface area contributed by atoms with Crippen molar-refractivity contribution in [2.24, 2.45) is 0 Å². The van der Waals surface area contributed by atoms with Crippen LogP contribution in [-0.2, 0) is 13.0 Å².